The third-order valence-electron chi connectivity index (χ3n) is 4.28. The van der Waals surface area contributed by atoms with Crippen LogP contribution in [0.2, 0.25) is 0 Å². The second-order valence-corrected chi connectivity index (χ2v) is 6.45. The van der Waals surface area contributed by atoms with E-state index >= 15 is 0 Å². The summed E-state index contributed by atoms with van der Waals surface area (Å²) in [7, 11) is 1.28. The van der Waals surface area contributed by atoms with E-state index in [1.807, 2.05) is 0 Å². The summed E-state index contributed by atoms with van der Waals surface area (Å²) in [5.74, 6) is -0.317. The van der Waals surface area contributed by atoms with Crippen molar-refractivity contribution < 1.29 is 14.8 Å². The predicted molar refractivity (Wildman–Crippen MR) is 97.0 cm³/mol. The number of methoxy groups -OCH3 is 1. The van der Waals surface area contributed by atoms with Crippen LogP contribution in [0.1, 0.15) is 38.2 Å². The van der Waals surface area contributed by atoms with Gasteiger partial charge in [-0.15, -0.1) is 0 Å². The number of hydrazone groups is 1. The number of nitrogens with one attached hydrogen (secondary N) is 2. The van der Waals surface area contributed by atoms with Crippen LogP contribution in [0, 0.1) is 16.0 Å². The third kappa shape index (κ3) is 5.02. The van der Waals surface area contributed by atoms with Gasteiger partial charge >= 0.3 is 0 Å². The van der Waals surface area contributed by atoms with E-state index in [1.54, 1.807) is 0 Å². The van der Waals surface area contributed by atoms with E-state index < -0.39 is 16.4 Å². The molecule has 8 nitrogen and oxygen atoms in total. The molecule has 0 spiro atoms. The van der Waals surface area contributed by atoms with Crippen LogP contribution in [0.15, 0.2) is 17.2 Å². The highest BCUT2D eigenvalue weighted by Crippen LogP contribution is 2.33. The Kier molecular flexibility index (Phi) is 6.51. The SMILES string of the molecule is COc1cc(/C=N\NC(=S)N[C@@H]2CCCC[C@H]2C)cc([N+](=O)[O-])c1[O-]. The Morgan fingerprint density at radius 2 is 2.16 bits per heavy atom. The van der Waals surface area contributed by atoms with Crippen LogP contribution in [0.5, 0.6) is 11.5 Å². The fourth-order valence-electron chi connectivity index (χ4n) is 2.87. The highest BCUT2D eigenvalue weighted by molar-refractivity contribution is 7.80. The van der Waals surface area contributed by atoms with E-state index in [-0.39, 0.29) is 5.75 Å². The number of hydrogen-bond acceptors (Lipinski definition) is 6. The molecule has 1 saturated carbocycles. The maximum absolute atomic E-state index is 11.8. The maximum Gasteiger partial charge on any atom is 0.266 e. The minimum Gasteiger partial charge on any atom is -0.865 e. The van der Waals surface area contributed by atoms with Gasteiger partial charge in [0.2, 0.25) is 0 Å². The molecule has 1 aliphatic carbocycles. The first-order chi connectivity index (χ1) is 11.9. The molecule has 136 valence electrons. The van der Waals surface area contributed by atoms with Gasteiger partial charge in [-0.25, -0.2) is 0 Å². The first kappa shape index (κ1) is 18.9. The van der Waals surface area contributed by atoms with Gasteiger partial charge in [0.05, 0.1) is 18.2 Å². The highest BCUT2D eigenvalue weighted by Gasteiger charge is 2.21. The lowest BCUT2D eigenvalue weighted by Gasteiger charge is -2.30. The first-order valence-electron chi connectivity index (χ1n) is 8.05. The van der Waals surface area contributed by atoms with Crippen LogP contribution in [-0.2, 0) is 0 Å². The summed E-state index contributed by atoms with van der Waals surface area (Å²) < 4.78 is 4.88. The van der Waals surface area contributed by atoms with Crippen LogP contribution in [0.25, 0.3) is 0 Å². The number of nitrogens with zero attached hydrogens (tertiary/aromatic N) is 2. The molecule has 1 aliphatic rings. The molecule has 0 aromatic heterocycles. The standard InChI is InChI=1S/C16H22N4O4S/c1-10-5-3-4-6-12(10)18-16(25)19-17-9-11-7-13(20(22)23)15(21)14(8-11)24-2/h7-10,12,21H,3-6H2,1-2H3,(H2,18,19,25)/p-1/b17-9-/t10-,12-/m1/s1. The van der Waals surface area contributed by atoms with Gasteiger partial charge in [0.1, 0.15) is 5.75 Å². The lowest BCUT2D eigenvalue weighted by molar-refractivity contribution is -0.398. The van der Waals surface area contributed by atoms with Crippen LogP contribution in [0.4, 0.5) is 5.69 Å². The molecule has 0 heterocycles. The second kappa shape index (κ2) is 8.61. The first-order valence-corrected chi connectivity index (χ1v) is 8.46. The monoisotopic (exact) mass is 365 g/mol. The van der Waals surface area contributed by atoms with Gasteiger partial charge in [-0.1, -0.05) is 19.8 Å². The number of rotatable bonds is 5. The molecule has 1 fully saturated rings. The summed E-state index contributed by atoms with van der Waals surface area (Å²) in [6.07, 6.45) is 6.02. The summed E-state index contributed by atoms with van der Waals surface area (Å²) in [5, 5.41) is 30.3. The number of nitro groups is 1. The molecule has 1 aromatic carbocycles. The van der Waals surface area contributed by atoms with Crippen molar-refractivity contribution in [2.24, 2.45) is 11.0 Å². The molecule has 25 heavy (non-hydrogen) atoms. The zero-order chi connectivity index (χ0) is 18.4. The lowest BCUT2D eigenvalue weighted by atomic mass is 9.86. The number of ether oxygens (including phenoxy) is 1. The van der Waals surface area contributed by atoms with Gasteiger partial charge in [-0.2, -0.15) is 5.10 Å². The van der Waals surface area contributed by atoms with Crippen molar-refractivity contribution in [3.8, 4) is 11.5 Å². The molecule has 0 bridgehead atoms. The highest BCUT2D eigenvalue weighted by atomic mass is 32.1. The van der Waals surface area contributed by atoms with E-state index in [2.05, 4.69) is 22.8 Å². The smallest absolute Gasteiger partial charge is 0.266 e. The van der Waals surface area contributed by atoms with Crippen molar-refractivity contribution in [1.82, 2.24) is 10.7 Å². The van der Waals surface area contributed by atoms with Crippen molar-refractivity contribution in [2.75, 3.05) is 7.11 Å². The van der Waals surface area contributed by atoms with Crippen LogP contribution >= 0.6 is 12.2 Å². The summed E-state index contributed by atoms with van der Waals surface area (Å²) in [5.41, 5.74) is 2.51. The molecule has 2 rings (SSSR count). The maximum atomic E-state index is 11.8. The van der Waals surface area contributed by atoms with E-state index in [4.69, 9.17) is 17.0 Å². The fraction of sp³-hybridized carbons (Fsp3) is 0.500. The lowest BCUT2D eigenvalue weighted by Crippen LogP contribution is -2.44. The zero-order valence-corrected chi connectivity index (χ0v) is 15.0. The van der Waals surface area contributed by atoms with Crippen molar-refractivity contribution in [3.63, 3.8) is 0 Å². The molecule has 1 aromatic rings. The average Bonchev–Trinajstić information content (AvgIpc) is 2.58. The molecule has 2 atom stereocenters. The molecule has 9 heteroatoms. The van der Waals surface area contributed by atoms with Gasteiger partial charge in [0.25, 0.3) is 5.69 Å². The quantitative estimate of drug-likeness (QED) is 0.355. The van der Waals surface area contributed by atoms with Gasteiger partial charge in [-0.3, -0.25) is 15.5 Å². The number of thiocarbonyl (C=S) groups is 1. The third-order valence-corrected chi connectivity index (χ3v) is 4.49. The fourth-order valence-corrected chi connectivity index (χ4v) is 3.07. The normalized spacial score (nSPS) is 20.2. The van der Waals surface area contributed by atoms with E-state index in [9.17, 15) is 15.2 Å². The number of hydrogen-bond donors (Lipinski definition) is 2. The molecular weight excluding hydrogens is 344 g/mol. The Balaban J connectivity index is 2.00. The summed E-state index contributed by atoms with van der Waals surface area (Å²) >= 11 is 5.22. The predicted octanol–water partition coefficient (Wildman–Crippen LogP) is 2.05. The van der Waals surface area contributed by atoms with Crippen molar-refractivity contribution in [2.45, 2.75) is 38.6 Å². The number of nitro benzene ring substituents is 1. The Labute approximate surface area is 151 Å². The molecule has 0 unspecified atom stereocenters. The Morgan fingerprint density at radius 3 is 2.80 bits per heavy atom. The van der Waals surface area contributed by atoms with Gasteiger partial charge in [0, 0.05) is 23.4 Å². The molecule has 0 aliphatic heterocycles. The van der Waals surface area contributed by atoms with Crippen molar-refractivity contribution in [1.29, 1.82) is 0 Å². The average molecular weight is 365 g/mol. The molecular formula is C16H21N4O4S-. The van der Waals surface area contributed by atoms with Crippen molar-refractivity contribution in [3.05, 3.63) is 27.8 Å². The van der Waals surface area contributed by atoms with Crippen LogP contribution < -0.4 is 20.6 Å². The summed E-state index contributed by atoms with van der Waals surface area (Å²) in [4.78, 5) is 10.2. The molecule has 2 N–H and O–H groups in total. The second-order valence-electron chi connectivity index (χ2n) is 6.04. The minimum atomic E-state index is -0.763. The van der Waals surface area contributed by atoms with Crippen LogP contribution in [0.3, 0.4) is 0 Å². The molecule has 0 amide bonds. The zero-order valence-electron chi connectivity index (χ0n) is 14.2. The minimum absolute atomic E-state index is 0.104. The topological polar surface area (TPSA) is 112 Å². The van der Waals surface area contributed by atoms with Crippen LogP contribution in [-0.4, -0.2) is 29.4 Å². The van der Waals surface area contributed by atoms with Gasteiger partial charge in [-0.05, 0) is 37.0 Å². The summed E-state index contributed by atoms with van der Waals surface area (Å²) in [6, 6.07) is 2.86. The largest absolute Gasteiger partial charge is 0.865 e. The van der Waals surface area contributed by atoms with Gasteiger partial charge in [0.15, 0.2) is 5.11 Å². The van der Waals surface area contributed by atoms with Crippen molar-refractivity contribution >= 4 is 29.2 Å². The van der Waals surface area contributed by atoms with E-state index in [0.29, 0.717) is 22.6 Å². The van der Waals surface area contributed by atoms with Gasteiger partial charge < -0.3 is 15.2 Å². The Hall–Kier alpha value is -2.42. The Morgan fingerprint density at radius 1 is 1.44 bits per heavy atom. The molecule has 0 saturated heterocycles. The molecule has 0 radical (unpaired) electrons. The van der Waals surface area contributed by atoms with E-state index in [1.165, 1.54) is 38.7 Å². The number of benzene rings is 1. The summed E-state index contributed by atoms with van der Waals surface area (Å²) in [6.45, 7) is 2.19. The Bertz CT molecular complexity index is 680. The van der Waals surface area contributed by atoms with E-state index in [0.717, 1.165) is 12.5 Å².